The van der Waals surface area contributed by atoms with Crippen molar-refractivity contribution < 1.29 is 14.0 Å². The van der Waals surface area contributed by atoms with Crippen molar-refractivity contribution >= 4 is 26.7 Å². The lowest BCUT2D eigenvalue weighted by atomic mass is 10.2. The van der Waals surface area contributed by atoms with Crippen molar-refractivity contribution in [3.05, 3.63) is 48.4 Å². The number of hydrogen-bond acceptors (Lipinski definition) is 9. The minimum absolute atomic E-state index is 0.249. The molecule has 4 aromatic rings. The van der Waals surface area contributed by atoms with Crippen LogP contribution in [-0.4, -0.2) is 53.0 Å². The fraction of sp³-hybridized carbons (Fsp3) is 0.318. The predicted octanol–water partition coefficient (Wildman–Crippen LogP) is 3.79. The van der Waals surface area contributed by atoms with E-state index in [0.29, 0.717) is 24.0 Å². The zero-order valence-corrected chi connectivity index (χ0v) is 17.7. The standard InChI is InChI=1S/C22H21N5O3S/c1-2-5-19-16(4-1)23-22(31-19)27-9-3-8-26(10-11-27)13-20-24-21(25-30-20)15-6-7-17-18(12-15)29-14-28-17/h1-2,4-7,12H,3,8-11,13-14H2. The molecule has 4 heterocycles. The summed E-state index contributed by atoms with van der Waals surface area (Å²) >= 11 is 1.76. The molecule has 9 heteroatoms. The molecule has 0 N–H and O–H groups in total. The number of fused-ring (bicyclic) bond motifs is 2. The summed E-state index contributed by atoms with van der Waals surface area (Å²) in [5.74, 6) is 2.65. The molecule has 2 aromatic carbocycles. The van der Waals surface area contributed by atoms with Gasteiger partial charge in [-0.25, -0.2) is 4.98 Å². The van der Waals surface area contributed by atoms with E-state index in [1.807, 2.05) is 24.3 Å². The van der Waals surface area contributed by atoms with Gasteiger partial charge < -0.3 is 18.9 Å². The van der Waals surface area contributed by atoms with Crippen molar-refractivity contribution in [1.82, 2.24) is 20.0 Å². The highest BCUT2D eigenvalue weighted by Gasteiger charge is 2.21. The van der Waals surface area contributed by atoms with Crippen molar-refractivity contribution in [3.8, 4) is 22.9 Å². The van der Waals surface area contributed by atoms with Gasteiger partial charge in [0.1, 0.15) is 0 Å². The van der Waals surface area contributed by atoms with Gasteiger partial charge in [0.25, 0.3) is 0 Å². The van der Waals surface area contributed by atoms with Crippen LogP contribution in [0.3, 0.4) is 0 Å². The molecule has 8 nitrogen and oxygen atoms in total. The molecule has 1 fully saturated rings. The number of thiazole rings is 1. The summed E-state index contributed by atoms with van der Waals surface area (Å²) in [4.78, 5) is 14.2. The van der Waals surface area contributed by atoms with Gasteiger partial charge in [-0.2, -0.15) is 4.98 Å². The molecule has 0 atom stereocenters. The second-order valence-corrected chi connectivity index (χ2v) is 8.67. The van der Waals surface area contributed by atoms with Gasteiger partial charge >= 0.3 is 0 Å². The molecule has 31 heavy (non-hydrogen) atoms. The van der Waals surface area contributed by atoms with Crippen molar-refractivity contribution in [2.45, 2.75) is 13.0 Å². The summed E-state index contributed by atoms with van der Waals surface area (Å²) in [6, 6.07) is 14.0. The van der Waals surface area contributed by atoms with E-state index in [0.717, 1.165) is 54.6 Å². The minimum Gasteiger partial charge on any atom is -0.454 e. The third-order valence-electron chi connectivity index (χ3n) is 5.60. The highest BCUT2D eigenvalue weighted by Crippen LogP contribution is 2.35. The fourth-order valence-electron chi connectivity index (χ4n) is 3.98. The van der Waals surface area contributed by atoms with E-state index in [1.165, 1.54) is 4.70 Å². The third-order valence-corrected chi connectivity index (χ3v) is 6.70. The first kappa shape index (κ1) is 18.6. The van der Waals surface area contributed by atoms with Crippen LogP contribution in [0.4, 0.5) is 5.13 Å². The summed E-state index contributed by atoms with van der Waals surface area (Å²) in [6.07, 6.45) is 1.07. The quantitative estimate of drug-likeness (QED) is 0.479. The molecule has 0 saturated carbocycles. The van der Waals surface area contributed by atoms with Crippen LogP contribution < -0.4 is 14.4 Å². The molecule has 6 rings (SSSR count). The lowest BCUT2D eigenvalue weighted by molar-refractivity contribution is 0.174. The van der Waals surface area contributed by atoms with E-state index in [1.54, 1.807) is 11.3 Å². The van der Waals surface area contributed by atoms with Gasteiger partial charge in [-0.05, 0) is 36.8 Å². The number of para-hydroxylation sites is 1. The summed E-state index contributed by atoms with van der Waals surface area (Å²) in [5.41, 5.74) is 1.93. The molecule has 2 aliphatic heterocycles. The molecule has 0 bridgehead atoms. The van der Waals surface area contributed by atoms with Crippen LogP contribution in [0.15, 0.2) is 47.0 Å². The second-order valence-electron chi connectivity index (χ2n) is 7.66. The number of benzene rings is 2. The smallest absolute Gasteiger partial charge is 0.241 e. The number of aromatic nitrogens is 3. The average Bonchev–Trinajstić information content (AvgIpc) is 3.50. The van der Waals surface area contributed by atoms with E-state index in [4.69, 9.17) is 19.0 Å². The number of ether oxygens (including phenoxy) is 2. The van der Waals surface area contributed by atoms with Crippen molar-refractivity contribution in [3.63, 3.8) is 0 Å². The van der Waals surface area contributed by atoms with Gasteiger partial charge in [-0.1, -0.05) is 28.6 Å². The first-order valence-corrected chi connectivity index (χ1v) is 11.2. The van der Waals surface area contributed by atoms with E-state index in [-0.39, 0.29) is 6.79 Å². The summed E-state index contributed by atoms with van der Waals surface area (Å²) in [5, 5.41) is 5.26. The average molecular weight is 436 g/mol. The topological polar surface area (TPSA) is 76.8 Å². The van der Waals surface area contributed by atoms with Gasteiger partial charge in [0.05, 0.1) is 16.8 Å². The van der Waals surface area contributed by atoms with E-state index in [2.05, 4.69) is 38.1 Å². The van der Waals surface area contributed by atoms with Gasteiger partial charge in [-0.15, -0.1) is 0 Å². The number of hydrogen-bond donors (Lipinski definition) is 0. The Hall–Kier alpha value is -3.17. The number of rotatable bonds is 4. The Labute approximate surface area is 183 Å². The molecule has 0 amide bonds. The Morgan fingerprint density at radius 1 is 0.935 bits per heavy atom. The lowest BCUT2D eigenvalue weighted by Gasteiger charge is -2.20. The first-order valence-electron chi connectivity index (χ1n) is 10.4. The zero-order valence-electron chi connectivity index (χ0n) is 16.9. The SMILES string of the molecule is c1ccc2sc(N3CCCN(Cc4nc(-c5ccc6c(c5)OCO6)no4)CC3)nc2c1. The van der Waals surface area contributed by atoms with E-state index in [9.17, 15) is 0 Å². The van der Waals surface area contributed by atoms with Crippen LogP contribution >= 0.6 is 11.3 Å². The summed E-state index contributed by atoms with van der Waals surface area (Å²) in [7, 11) is 0. The summed E-state index contributed by atoms with van der Waals surface area (Å²) in [6.45, 7) is 4.75. The maximum atomic E-state index is 5.53. The Morgan fingerprint density at radius 2 is 1.87 bits per heavy atom. The largest absolute Gasteiger partial charge is 0.454 e. The van der Waals surface area contributed by atoms with Crippen LogP contribution in [0.5, 0.6) is 11.5 Å². The summed E-state index contributed by atoms with van der Waals surface area (Å²) < 4.78 is 17.6. The third kappa shape index (κ3) is 3.70. The van der Waals surface area contributed by atoms with Gasteiger partial charge in [0, 0.05) is 31.7 Å². The highest BCUT2D eigenvalue weighted by atomic mass is 32.1. The van der Waals surface area contributed by atoms with E-state index < -0.39 is 0 Å². The van der Waals surface area contributed by atoms with Crippen LogP contribution in [0, 0.1) is 0 Å². The Kier molecular flexibility index (Phi) is 4.69. The molecule has 0 aliphatic carbocycles. The second kappa shape index (κ2) is 7.82. The van der Waals surface area contributed by atoms with Crippen LogP contribution in [-0.2, 0) is 6.54 Å². The van der Waals surface area contributed by atoms with Gasteiger partial charge in [-0.3, -0.25) is 4.90 Å². The minimum atomic E-state index is 0.249. The Morgan fingerprint density at radius 3 is 2.84 bits per heavy atom. The molecule has 2 aliphatic rings. The van der Waals surface area contributed by atoms with Crippen molar-refractivity contribution in [2.24, 2.45) is 0 Å². The zero-order chi connectivity index (χ0) is 20.6. The highest BCUT2D eigenvalue weighted by molar-refractivity contribution is 7.22. The number of anilines is 1. The monoisotopic (exact) mass is 435 g/mol. The lowest BCUT2D eigenvalue weighted by Crippen LogP contribution is -2.30. The normalized spacial score (nSPS) is 16.7. The van der Waals surface area contributed by atoms with Gasteiger partial charge in [0.2, 0.25) is 18.5 Å². The van der Waals surface area contributed by atoms with Crippen molar-refractivity contribution in [1.29, 1.82) is 0 Å². The van der Waals surface area contributed by atoms with Crippen LogP contribution in [0.25, 0.3) is 21.6 Å². The number of nitrogens with zero attached hydrogens (tertiary/aromatic N) is 5. The molecule has 0 unspecified atom stereocenters. The van der Waals surface area contributed by atoms with Crippen LogP contribution in [0.2, 0.25) is 0 Å². The Bertz CT molecular complexity index is 1190. The molecule has 1 saturated heterocycles. The maximum Gasteiger partial charge on any atom is 0.241 e. The fourth-order valence-corrected chi connectivity index (χ4v) is 5.00. The Balaban J connectivity index is 1.12. The molecular formula is C22H21N5O3S. The first-order chi connectivity index (χ1) is 15.3. The molecule has 158 valence electrons. The molecular weight excluding hydrogens is 414 g/mol. The molecule has 0 spiro atoms. The van der Waals surface area contributed by atoms with Gasteiger partial charge in [0.15, 0.2) is 16.6 Å². The molecule has 2 aromatic heterocycles. The van der Waals surface area contributed by atoms with Crippen LogP contribution in [0.1, 0.15) is 12.3 Å². The predicted molar refractivity (Wildman–Crippen MR) is 118 cm³/mol. The molecule has 0 radical (unpaired) electrons. The van der Waals surface area contributed by atoms with E-state index >= 15 is 0 Å². The van der Waals surface area contributed by atoms with Crippen molar-refractivity contribution in [2.75, 3.05) is 37.9 Å². The maximum absolute atomic E-state index is 5.53.